The van der Waals surface area contributed by atoms with Crippen molar-refractivity contribution >= 4 is 23.0 Å². The number of hydrogen-bond donors (Lipinski definition) is 2. The zero-order chi connectivity index (χ0) is 19.8. The summed E-state index contributed by atoms with van der Waals surface area (Å²) in [5.41, 5.74) is 8.41. The van der Waals surface area contributed by atoms with Crippen molar-refractivity contribution in [2.75, 3.05) is 5.73 Å². The molecule has 4 aromatic rings. The van der Waals surface area contributed by atoms with Gasteiger partial charge in [0.1, 0.15) is 17.5 Å². The lowest BCUT2D eigenvalue weighted by Gasteiger charge is -2.09. The Morgan fingerprint density at radius 3 is 2.61 bits per heavy atom. The fourth-order valence-electron chi connectivity index (χ4n) is 2.97. The van der Waals surface area contributed by atoms with Crippen molar-refractivity contribution < 1.29 is 14.3 Å². The number of rotatable bonds is 4. The van der Waals surface area contributed by atoms with Gasteiger partial charge < -0.3 is 15.4 Å². The average molecular weight is 378 g/mol. The SMILES string of the molecule is Cc1nc(N)c2nc(-c3cncc(F)c3)n(Cc3ccc(C(=O)O)cc3)c2n1. The van der Waals surface area contributed by atoms with E-state index in [0.29, 0.717) is 34.9 Å². The second-order valence-electron chi connectivity index (χ2n) is 6.24. The predicted octanol–water partition coefficient (Wildman–Crippen LogP) is 2.66. The van der Waals surface area contributed by atoms with E-state index in [9.17, 15) is 9.18 Å². The smallest absolute Gasteiger partial charge is 0.335 e. The van der Waals surface area contributed by atoms with E-state index in [1.165, 1.54) is 24.4 Å². The summed E-state index contributed by atoms with van der Waals surface area (Å²) >= 11 is 0. The van der Waals surface area contributed by atoms with Crippen LogP contribution in [0.15, 0.2) is 42.7 Å². The maximum Gasteiger partial charge on any atom is 0.335 e. The first kappa shape index (κ1) is 17.5. The number of pyridine rings is 1. The van der Waals surface area contributed by atoms with E-state index >= 15 is 0 Å². The molecule has 3 N–H and O–H groups in total. The molecule has 0 aliphatic carbocycles. The summed E-state index contributed by atoms with van der Waals surface area (Å²) in [4.78, 5) is 28.1. The van der Waals surface area contributed by atoms with Gasteiger partial charge in [-0.15, -0.1) is 0 Å². The third-order valence-electron chi connectivity index (χ3n) is 4.24. The number of aromatic nitrogens is 5. The Hall–Kier alpha value is -3.88. The number of anilines is 1. The zero-order valence-electron chi connectivity index (χ0n) is 14.8. The maximum atomic E-state index is 13.7. The summed E-state index contributed by atoms with van der Waals surface area (Å²) in [7, 11) is 0. The van der Waals surface area contributed by atoms with E-state index in [4.69, 9.17) is 10.8 Å². The molecule has 0 aliphatic heterocycles. The topological polar surface area (TPSA) is 120 Å². The van der Waals surface area contributed by atoms with Gasteiger partial charge in [0.05, 0.1) is 18.3 Å². The first-order valence-corrected chi connectivity index (χ1v) is 8.36. The number of fused-ring (bicyclic) bond motifs is 1. The molecule has 8 nitrogen and oxygen atoms in total. The molecule has 0 saturated heterocycles. The number of hydrogen-bond acceptors (Lipinski definition) is 6. The first-order valence-electron chi connectivity index (χ1n) is 8.36. The molecule has 0 spiro atoms. The molecule has 0 aliphatic rings. The highest BCUT2D eigenvalue weighted by atomic mass is 19.1. The number of benzene rings is 1. The van der Waals surface area contributed by atoms with Gasteiger partial charge in [0.25, 0.3) is 0 Å². The fraction of sp³-hybridized carbons (Fsp3) is 0.105. The molecule has 0 bridgehead atoms. The molecule has 0 fully saturated rings. The van der Waals surface area contributed by atoms with Crippen LogP contribution in [0.1, 0.15) is 21.7 Å². The van der Waals surface area contributed by atoms with Gasteiger partial charge in [-0.25, -0.2) is 24.1 Å². The van der Waals surface area contributed by atoms with Crippen LogP contribution >= 0.6 is 0 Å². The Balaban J connectivity index is 1.89. The Bertz CT molecular complexity index is 1200. The van der Waals surface area contributed by atoms with Crippen LogP contribution in [0, 0.1) is 12.7 Å². The summed E-state index contributed by atoms with van der Waals surface area (Å²) in [6.45, 7) is 2.05. The van der Waals surface area contributed by atoms with Gasteiger partial charge in [0.15, 0.2) is 17.0 Å². The largest absolute Gasteiger partial charge is 0.478 e. The molecule has 1 aromatic carbocycles. The minimum Gasteiger partial charge on any atom is -0.478 e. The molecule has 140 valence electrons. The lowest BCUT2D eigenvalue weighted by Crippen LogP contribution is -2.06. The van der Waals surface area contributed by atoms with Gasteiger partial charge in [-0.3, -0.25) is 4.98 Å². The molecule has 28 heavy (non-hydrogen) atoms. The molecule has 0 unspecified atom stereocenters. The van der Waals surface area contributed by atoms with Crippen LogP contribution in [0.3, 0.4) is 0 Å². The maximum absolute atomic E-state index is 13.7. The zero-order valence-corrected chi connectivity index (χ0v) is 14.8. The van der Waals surface area contributed by atoms with E-state index in [0.717, 1.165) is 11.8 Å². The Morgan fingerprint density at radius 1 is 1.18 bits per heavy atom. The van der Waals surface area contributed by atoms with E-state index in [1.807, 2.05) is 0 Å². The normalized spacial score (nSPS) is 11.1. The summed E-state index contributed by atoms with van der Waals surface area (Å²) < 4.78 is 15.5. The van der Waals surface area contributed by atoms with Gasteiger partial charge in [0, 0.05) is 11.8 Å². The highest BCUT2D eigenvalue weighted by molar-refractivity contribution is 5.87. The highest BCUT2D eigenvalue weighted by Crippen LogP contribution is 2.27. The van der Waals surface area contributed by atoms with Crippen LogP contribution in [-0.4, -0.2) is 35.6 Å². The molecule has 0 atom stereocenters. The van der Waals surface area contributed by atoms with Gasteiger partial charge in [0.2, 0.25) is 0 Å². The fourth-order valence-corrected chi connectivity index (χ4v) is 2.97. The van der Waals surface area contributed by atoms with E-state index < -0.39 is 11.8 Å². The van der Waals surface area contributed by atoms with Gasteiger partial charge in [-0.2, -0.15) is 0 Å². The lowest BCUT2D eigenvalue weighted by atomic mass is 10.1. The molecular formula is C19H15FN6O2. The number of carboxylic acid groups (broad SMARTS) is 1. The number of carbonyl (C=O) groups is 1. The number of nitrogen functional groups attached to an aromatic ring is 1. The monoisotopic (exact) mass is 378 g/mol. The van der Waals surface area contributed by atoms with E-state index in [1.54, 1.807) is 23.6 Å². The minimum absolute atomic E-state index is 0.191. The average Bonchev–Trinajstić information content (AvgIpc) is 3.01. The number of aromatic carboxylic acids is 1. The van der Waals surface area contributed by atoms with Crippen molar-refractivity contribution in [1.29, 1.82) is 0 Å². The number of imidazole rings is 1. The highest BCUT2D eigenvalue weighted by Gasteiger charge is 2.18. The van der Waals surface area contributed by atoms with Crippen LogP contribution < -0.4 is 5.73 Å². The minimum atomic E-state index is -0.998. The Labute approximate surface area is 158 Å². The number of halogens is 1. The third-order valence-corrected chi connectivity index (χ3v) is 4.24. The number of carboxylic acids is 1. The summed E-state index contributed by atoms with van der Waals surface area (Å²) in [5.74, 6) is -0.334. The summed E-state index contributed by atoms with van der Waals surface area (Å²) in [6, 6.07) is 7.79. The van der Waals surface area contributed by atoms with Crippen molar-refractivity contribution in [2.45, 2.75) is 13.5 Å². The number of aryl methyl sites for hydroxylation is 1. The molecule has 9 heteroatoms. The second kappa shape index (κ2) is 6.69. The summed E-state index contributed by atoms with van der Waals surface area (Å²) in [5, 5.41) is 9.07. The molecule has 0 amide bonds. The lowest BCUT2D eigenvalue weighted by molar-refractivity contribution is 0.0697. The van der Waals surface area contributed by atoms with Crippen molar-refractivity contribution in [1.82, 2.24) is 24.5 Å². The van der Waals surface area contributed by atoms with E-state index in [-0.39, 0.29) is 11.4 Å². The molecule has 3 heterocycles. The molecule has 0 saturated carbocycles. The molecule has 4 rings (SSSR count). The molecular weight excluding hydrogens is 363 g/mol. The standard InChI is InChI=1S/C19H15FN6O2/c1-10-23-16(21)15-18(24-10)26(9-11-2-4-12(5-3-11)19(27)28)17(25-15)13-6-14(20)8-22-7-13/h2-8H,9H2,1H3,(H,27,28)(H2,21,23,24). The summed E-state index contributed by atoms with van der Waals surface area (Å²) in [6.07, 6.45) is 2.62. The Morgan fingerprint density at radius 2 is 1.93 bits per heavy atom. The number of nitrogens with two attached hydrogens (primary N) is 1. The molecule has 0 radical (unpaired) electrons. The number of nitrogens with zero attached hydrogens (tertiary/aromatic N) is 5. The molecule has 3 aromatic heterocycles. The van der Waals surface area contributed by atoms with Gasteiger partial charge >= 0.3 is 5.97 Å². The first-order chi connectivity index (χ1) is 13.4. The van der Waals surface area contributed by atoms with Crippen LogP contribution in [-0.2, 0) is 6.54 Å². The van der Waals surface area contributed by atoms with E-state index in [2.05, 4.69) is 19.9 Å². The Kier molecular flexibility index (Phi) is 4.19. The quantitative estimate of drug-likeness (QED) is 0.560. The van der Waals surface area contributed by atoms with Crippen LogP contribution in [0.5, 0.6) is 0 Å². The van der Waals surface area contributed by atoms with Crippen molar-refractivity contribution in [3.63, 3.8) is 0 Å². The van der Waals surface area contributed by atoms with Crippen LogP contribution in [0.4, 0.5) is 10.2 Å². The van der Waals surface area contributed by atoms with Crippen molar-refractivity contribution in [2.24, 2.45) is 0 Å². The van der Waals surface area contributed by atoms with Crippen LogP contribution in [0.2, 0.25) is 0 Å². The van der Waals surface area contributed by atoms with Gasteiger partial charge in [-0.1, -0.05) is 12.1 Å². The predicted molar refractivity (Wildman–Crippen MR) is 100 cm³/mol. The van der Waals surface area contributed by atoms with Crippen molar-refractivity contribution in [3.05, 3.63) is 65.5 Å². The van der Waals surface area contributed by atoms with Gasteiger partial charge in [-0.05, 0) is 30.7 Å². The van der Waals surface area contributed by atoms with Crippen LogP contribution in [0.25, 0.3) is 22.6 Å². The third kappa shape index (κ3) is 3.13. The second-order valence-corrected chi connectivity index (χ2v) is 6.24. The van der Waals surface area contributed by atoms with Crippen molar-refractivity contribution in [3.8, 4) is 11.4 Å².